The highest BCUT2D eigenvalue weighted by molar-refractivity contribution is 5.95. The van der Waals surface area contributed by atoms with Gasteiger partial charge in [-0.1, -0.05) is 6.92 Å². The summed E-state index contributed by atoms with van der Waals surface area (Å²) in [5, 5.41) is 21.1. The molecule has 1 amide bonds. The second-order valence-electron chi connectivity index (χ2n) is 4.03. The van der Waals surface area contributed by atoms with Crippen molar-refractivity contribution in [3.05, 3.63) is 29.8 Å². The summed E-state index contributed by atoms with van der Waals surface area (Å²) < 4.78 is 0. The number of benzene rings is 1. The SMILES string of the molecule is CCC(CO)(CO)NC(=O)c1ccc(N)cc1. The van der Waals surface area contributed by atoms with E-state index in [1.54, 1.807) is 31.2 Å². The number of aliphatic hydroxyl groups is 2. The number of amides is 1. The van der Waals surface area contributed by atoms with Gasteiger partial charge >= 0.3 is 0 Å². The van der Waals surface area contributed by atoms with E-state index in [0.717, 1.165) is 0 Å². The Morgan fingerprint density at radius 3 is 2.24 bits per heavy atom. The molecular weight excluding hydrogens is 220 g/mol. The molecule has 0 aliphatic heterocycles. The van der Waals surface area contributed by atoms with Crippen LogP contribution in [0.25, 0.3) is 0 Å². The normalized spacial score (nSPS) is 11.2. The maximum atomic E-state index is 11.9. The zero-order valence-electron chi connectivity index (χ0n) is 9.81. The van der Waals surface area contributed by atoms with Gasteiger partial charge in [-0.05, 0) is 30.7 Å². The van der Waals surface area contributed by atoms with Crippen molar-refractivity contribution in [2.45, 2.75) is 18.9 Å². The Kier molecular flexibility index (Phi) is 4.48. The molecule has 5 N–H and O–H groups in total. The van der Waals surface area contributed by atoms with E-state index in [1.165, 1.54) is 0 Å². The van der Waals surface area contributed by atoms with Crippen molar-refractivity contribution in [1.29, 1.82) is 0 Å². The zero-order valence-corrected chi connectivity index (χ0v) is 9.81. The van der Waals surface area contributed by atoms with Gasteiger partial charge in [-0.2, -0.15) is 0 Å². The van der Waals surface area contributed by atoms with E-state index in [0.29, 0.717) is 17.7 Å². The van der Waals surface area contributed by atoms with E-state index < -0.39 is 5.54 Å². The smallest absolute Gasteiger partial charge is 0.251 e. The molecule has 5 nitrogen and oxygen atoms in total. The number of carbonyl (C=O) groups is 1. The number of nitrogens with two attached hydrogens (primary N) is 1. The Bertz CT molecular complexity index is 364. The second-order valence-corrected chi connectivity index (χ2v) is 4.03. The maximum Gasteiger partial charge on any atom is 0.251 e. The molecule has 0 spiro atoms. The minimum absolute atomic E-state index is 0.305. The number of rotatable bonds is 5. The number of carbonyl (C=O) groups excluding carboxylic acids is 1. The summed E-state index contributed by atoms with van der Waals surface area (Å²) in [6, 6.07) is 6.44. The van der Waals surface area contributed by atoms with E-state index in [-0.39, 0.29) is 19.1 Å². The first-order chi connectivity index (χ1) is 8.06. The van der Waals surface area contributed by atoms with Crippen molar-refractivity contribution in [2.24, 2.45) is 0 Å². The van der Waals surface area contributed by atoms with Gasteiger partial charge in [-0.15, -0.1) is 0 Å². The van der Waals surface area contributed by atoms with Gasteiger partial charge < -0.3 is 21.3 Å². The van der Waals surface area contributed by atoms with Gasteiger partial charge in [-0.25, -0.2) is 0 Å². The summed E-state index contributed by atoms with van der Waals surface area (Å²) in [5.74, 6) is -0.338. The van der Waals surface area contributed by atoms with Crippen LogP contribution in [0.5, 0.6) is 0 Å². The molecule has 1 aromatic carbocycles. The van der Waals surface area contributed by atoms with Crippen molar-refractivity contribution in [2.75, 3.05) is 18.9 Å². The predicted molar refractivity (Wildman–Crippen MR) is 65.5 cm³/mol. The van der Waals surface area contributed by atoms with Crippen LogP contribution in [-0.2, 0) is 0 Å². The largest absolute Gasteiger partial charge is 0.399 e. The van der Waals surface area contributed by atoms with Crippen LogP contribution in [0.15, 0.2) is 24.3 Å². The summed E-state index contributed by atoms with van der Waals surface area (Å²) in [7, 11) is 0. The fourth-order valence-corrected chi connectivity index (χ4v) is 1.39. The molecule has 0 unspecified atom stereocenters. The minimum atomic E-state index is -0.974. The molecular formula is C12H18N2O3. The molecule has 0 atom stereocenters. The van der Waals surface area contributed by atoms with E-state index in [1.807, 2.05) is 0 Å². The first kappa shape index (κ1) is 13.5. The monoisotopic (exact) mass is 238 g/mol. The summed E-state index contributed by atoms with van der Waals surface area (Å²) >= 11 is 0. The van der Waals surface area contributed by atoms with Crippen LogP contribution in [0.2, 0.25) is 0 Å². The highest BCUT2D eigenvalue weighted by atomic mass is 16.3. The fourth-order valence-electron chi connectivity index (χ4n) is 1.39. The summed E-state index contributed by atoms with van der Waals surface area (Å²) in [6.07, 6.45) is 0.445. The molecule has 1 rings (SSSR count). The molecule has 17 heavy (non-hydrogen) atoms. The van der Waals surface area contributed by atoms with Gasteiger partial charge in [0.1, 0.15) is 0 Å². The molecule has 0 aromatic heterocycles. The van der Waals surface area contributed by atoms with Crippen LogP contribution in [0.3, 0.4) is 0 Å². The third-order valence-corrected chi connectivity index (χ3v) is 2.83. The highest BCUT2D eigenvalue weighted by Crippen LogP contribution is 2.11. The van der Waals surface area contributed by atoms with Crippen molar-refractivity contribution < 1.29 is 15.0 Å². The average molecular weight is 238 g/mol. The van der Waals surface area contributed by atoms with Crippen molar-refractivity contribution >= 4 is 11.6 Å². The zero-order chi connectivity index (χ0) is 12.9. The molecule has 0 fully saturated rings. The Labute approximate surface area is 100 Å². The van der Waals surface area contributed by atoms with Crippen LogP contribution in [0.1, 0.15) is 23.7 Å². The minimum Gasteiger partial charge on any atom is -0.399 e. The first-order valence-corrected chi connectivity index (χ1v) is 5.46. The van der Waals surface area contributed by atoms with Gasteiger partial charge in [0, 0.05) is 11.3 Å². The van der Waals surface area contributed by atoms with E-state index in [2.05, 4.69) is 5.32 Å². The van der Waals surface area contributed by atoms with Crippen LogP contribution >= 0.6 is 0 Å². The van der Waals surface area contributed by atoms with E-state index in [4.69, 9.17) is 5.73 Å². The highest BCUT2D eigenvalue weighted by Gasteiger charge is 2.28. The lowest BCUT2D eigenvalue weighted by molar-refractivity contribution is 0.0653. The molecule has 0 radical (unpaired) electrons. The Morgan fingerprint density at radius 1 is 1.29 bits per heavy atom. The molecule has 0 saturated heterocycles. The van der Waals surface area contributed by atoms with Gasteiger partial charge in [0.2, 0.25) is 0 Å². The Hall–Kier alpha value is -1.59. The fraction of sp³-hybridized carbons (Fsp3) is 0.417. The third kappa shape index (κ3) is 3.18. The molecule has 0 aliphatic carbocycles. The summed E-state index contributed by atoms with van der Waals surface area (Å²) in [4.78, 5) is 11.9. The number of hydrogen-bond acceptors (Lipinski definition) is 4. The number of aliphatic hydroxyl groups excluding tert-OH is 2. The third-order valence-electron chi connectivity index (χ3n) is 2.83. The topological polar surface area (TPSA) is 95.6 Å². The number of anilines is 1. The van der Waals surface area contributed by atoms with Crippen molar-refractivity contribution in [3.63, 3.8) is 0 Å². The van der Waals surface area contributed by atoms with E-state index >= 15 is 0 Å². The molecule has 0 saturated carbocycles. The van der Waals surface area contributed by atoms with Gasteiger partial charge in [-0.3, -0.25) is 4.79 Å². The Morgan fingerprint density at radius 2 is 1.82 bits per heavy atom. The Balaban J connectivity index is 2.81. The average Bonchev–Trinajstić information content (AvgIpc) is 2.37. The van der Waals surface area contributed by atoms with Crippen LogP contribution in [-0.4, -0.2) is 34.9 Å². The standard InChI is InChI=1S/C12H18N2O3/c1-2-12(7-15,8-16)14-11(17)9-3-5-10(13)6-4-9/h3-6,15-16H,2,7-8,13H2,1H3,(H,14,17). The first-order valence-electron chi connectivity index (χ1n) is 5.46. The second kappa shape index (κ2) is 5.65. The lowest BCUT2D eigenvalue weighted by Gasteiger charge is -2.29. The van der Waals surface area contributed by atoms with Gasteiger partial charge in [0.25, 0.3) is 5.91 Å². The number of nitrogen functional groups attached to an aromatic ring is 1. The molecule has 0 aliphatic rings. The van der Waals surface area contributed by atoms with Crippen molar-refractivity contribution in [1.82, 2.24) is 5.32 Å². The van der Waals surface area contributed by atoms with Crippen LogP contribution in [0.4, 0.5) is 5.69 Å². The van der Waals surface area contributed by atoms with Crippen LogP contribution in [0, 0.1) is 0 Å². The molecule has 1 aromatic rings. The molecule has 5 heteroatoms. The van der Waals surface area contributed by atoms with Crippen LogP contribution < -0.4 is 11.1 Å². The molecule has 0 bridgehead atoms. The summed E-state index contributed by atoms with van der Waals surface area (Å²) in [5.41, 5.74) is 5.57. The quantitative estimate of drug-likeness (QED) is 0.548. The predicted octanol–water partition coefficient (Wildman–Crippen LogP) is 0.132. The lowest BCUT2D eigenvalue weighted by Crippen LogP contribution is -2.53. The number of hydrogen-bond donors (Lipinski definition) is 4. The van der Waals surface area contributed by atoms with Gasteiger partial charge in [0.05, 0.1) is 18.8 Å². The lowest BCUT2D eigenvalue weighted by atomic mass is 9.98. The van der Waals surface area contributed by atoms with Crippen molar-refractivity contribution in [3.8, 4) is 0 Å². The molecule has 94 valence electrons. The summed E-state index contributed by atoms with van der Waals surface area (Å²) in [6.45, 7) is 1.18. The number of nitrogens with one attached hydrogen (secondary N) is 1. The van der Waals surface area contributed by atoms with Gasteiger partial charge in [0.15, 0.2) is 0 Å². The molecule has 0 heterocycles. The maximum absolute atomic E-state index is 11.9. The van der Waals surface area contributed by atoms with E-state index in [9.17, 15) is 15.0 Å².